The quantitative estimate of drug-likeness (QED) is 0.255. The van der Waals surface area contributed by atoms with Crippen LogP contribution in [0.15, 0.2) is 60.9 Å². The molecule has 1 heterocycles. The fraction of sp³-hybridized carbons (Fsp3) is 0.433. The summed E-state index contributed by atoms with van der Waals surface area (Å²) in [6.07, 6.45) is 13.8. The minimum Gasteiger partial charge on any atom is -0.550 e. The second-order valence-electron chi connectivity index (χ2n) is 9.29. The predicted octanol–water partition coefficient (Wildman–Crippen LogP) is 1.52. The first kappa shape index (κ1) is 34.5. The van der Waals surface area contributed by atoms with Gasteiger partial charge in [-0.05, 0) is 51.0 Å². The van der Waals surface area contributed by atoms with Crippen LogP contribution in [0.1, 0.15) is 45.2 Å². The van der Waals surface area contributed by atoms with E-state index in [9.17, 15) is 0 Å². The van der Waals surface area contributed by atoms with Gasteiger partial charge in [0.05, 0.1) is 33.7 Å². The maximum absolute atomic E-state index is 9.12. The molecule has 8 nitrogen and oxygen atoms in total. The van der Waals surface area contributed by atoms with E-state index < -0.39 is 11.9 Å². The van der Waals surface area contributed by atoms with Crippen molar-refractivity contribution in [3.05, 3.63) is 72.1 Å². The first-order valence-corrected chi connectivity index (χ1v) is 12.9. The van der Waals surface area contributed by atoms with Crippen LogP contribution in [0, 0.1) is 0 Å². The fourth-order valence-electron chi connectivity index (χ4n) is 3.51. The number of anilines is 1. The Kier molecular flexibility index (Phi) is 17.8. The second kappa shape index (κ2) is 19.6. The van der Waals surface area contributed by atoms with Gasteiger partial charge < -0.3 is 34.3 Å². The van der Waals surface area contributed by atoms with E-state index in [0.717, 1.165) is 57.5 Å². The van der Waals surface area contributed by atoms with Crippen molar-refractivity contribution < 1.29 is 34.0 Å². The highest BCUT2D eigenvalue weighted by Crippen LogP contribution is 2.15. The molecule has 2 aromatic rings. The molecule has 0 saturated heterocycles. The number of likely N-dealkylation sites (N-methyl/N-ethyl adjacent to an activating group) is 1. The second-order valence-corrected chi connectivity index (χ2v) is 9.29. The van der Waals surface area contributed by atoms with Crippen LogP contribution in [0.2, 0.25) is 0 Å². The molecule has 38 heavy (non-hydrogen) atoms. The molecule has 0 fully saturated rings. The highest BCUT2D eigenvalue weighted by molar-refractivity contribution is 5.60. The van der Waals surface area contributed by atoms with Crippen molar-refractivity contribution in [2.75, 3.05) is 51.8 Å². The SMILES string of the molecule is CC(=O)[O-].CC(=O)[O-].CCN(CC)c1ccc(C=CC=Cc2cc[n+](CCC[N+](C)(C)CCO)cc2)cc1. The van der Waals surface area contributed by atoms with Gasteiger partial charge in [0.2, 0.25) is 0 Å². The minimum absolute atomic E-state index is 0.247. The van der Waals surface area contributed by atoms with E-state index >= 15 is 0 Å². The number of aromatic nitrogens is 1. The van der Waals surface area contributed by atoms with E-state index in [4.69, 9.17) is 24.9 Å². The number of carboxylic acids is 2. The summed E-state index contributed by atoms with van der Waals surface area (Å²) < 4.78 is 3.09. The van der Waals surface area contributed by atoms with Gasteiger partial charge >= 0.3 is 0 Å². The van der Waals surface area contributed by atoms with Gasteiger partial charge in [0.25, 0.3) is 0 Å². The normalized spacial score (nSPS) is 10.9. The maximum atomic E-state index is 9.12. The van der Waals surface area contributed by atoms with E-state index in [-0.39, 0.29) is 6.61 Å². The van der Waals surface area contributed by atoms with Crippen LogP contribution in [0.5, 0.6) is 0 Å². The third-order valence-corrected chi connectivity index (χ3v) is 5.51. The number of carbonyl (C=O) groups excluding carboxylic acids is 2. The number of allylic oxidation sites excluding steroid dienone is 2. The van der Waals surface area contributed by atoms with Crippen molar-refractivity contribution in [3.8, 4) is 0 Å². The van der Waals surface area contributed by atoms with Crippen LogP contribution in [-0.4, -0.2) is 68.4 Å². The number of aryl methyl sites for hydroxylation is 1. The molecule has 0 amide bonds. The Balaban J connectivity index is 0.00000150. The third-order valence-electron chi connectivity index (χ3n) is 5.51. The first-order chi connectivity index (χ1) is 17.9. The van der Waals surface area contributed by atoms with E-state index in [2.05, 4.69) is 111 Å². The number of aliphatic carboxylic acids is 2. The average molecular weight is 528 g/mol. The van der Waals surface area contributed by atoms with Gasteiger partial charge in [-0.15, -0.1) is 0 Å². The summed E-state index contributed by atoms with van der Waals surface area (Å²) in [5, 5.41) is 26.9. The number of carbonyl (C=O) groups is 2. The number of pyridine rings is 1. The topological polar surface area (TPSA) is 108 Å². The number of hydrogen-bond acceptors (Lipinski definition) is 6. The van der Waals surface area contributed by atoms with Gasteiger partial charge in [0.1, 0.15) is 6.54 Å². The number of carboxylic acid groups (broad SMARTS) is 2. The van der Waals surface area contributed by atoms with Crippen molar-refractivity contribution in [3.63, 3.8) is 0 Å². The van der Waals surface area contributed by atoms with Crippen LogP contribution >= 0.6 is 0 Å². The molecule has 0 radical (unpaired) electrons. The largest absolute Gasteiger partial charge is 0.550 e. The van der Waals surface area contributed by atoms with Crippen LogP contribution < -0.4 is 19.7 Å². The Morgan fingerprint density at radius 3 is 1.74 bits per heavy atom. The Hall–Kier alpha value is -3.49. The number of nitrogens with zero attached hydrogens (tertiary/aromatic N) is 3. The molecule has 210 valence electrons. The van der Waals surface area contributed by atoms with Crippen molar-refractivity contribution in [2.24, 2.45) is 0 Å². The van der Waals surface area contributed by atoms with Crippen molar-refractivity contribution in [1.29, 1.82) is 0 Å². The lowest BCUT2D eigenvalue weighted by Gasteiger charge is -2.28. The van der Waals surface area contributed by atoms with Gasteiger partial charge in [-0.1, -0.05) is 36.4 Å². The Morgan fingerprint density at radius 1 is 0.868 bits per heavy atom. The van der Waals surface area contributed by atoms with Crippen molar-refractivity contribution in [1.82, 2.24) is 0 Å². The first-order valence-electron chi connectivity index (χ1n) is 12.9. The van der Waals surface area contributed by atoms with Crippen LogP contribution in [0.4, 0.5) is 5.69 Å². The van der Waals surface area contributed by atoms with Crippen molar-refractivity contribution in [2.45, 2.75) is 40.7 Å². The minimum atomic E-state index is -1.08. The molecular formula is C30H45N3O5. The molecule has 0 unspecified atom stereocenters. The van der Waals surface area contributed by atoms with Gasteiger partial charge in [0, 0.05) is 42.8 Å². The summed E-state index contributed by atoms with van der Waals surface area (Å²) in [5.74, 6) is -2.17. The van der Waals surface area contributed by atoms with Gasteiger partial charge in [-0.2, -0.15) is 0 Å². The lowest BCUT2D eigenvalue weighted by Crippen LogP contribution is -2.44. The summed E-state index contributed by atoms with van der Waals surface area (Å²) in [6, 6.07) is 13.0. The smallest absolute Gasteiger partial charge is 0.169 e. The monoisotopic (exact) mass is 527 g/mol. The number of aliphatic hydroxyl groups excluding tert-OH is 1. The van der Waals surface area contributed by atoms with Crippen LogP contribution in [0.3, 0.4) is 0 Å². The standard InChI is InChI=1S/C26H39N3O.2C2H4O2/c1-5-28(6-2)26-14-12-24(13-15-26)10-7-8-11-25-16-19-27(20-17-25)18-9-21-29(3,4)22-23-30;2*1-2(3)4/h7-8,10-17,19-20,30H,5-6,9,18,21-23H2,1-4H3;2*1H3,(H,3,4)/q+2;;/p-2. The zero-order valence-corrected chi connectivity index (χ0v) is 23.8. The molecule has 0 bridgehead atoms. The number of hydrogen-bond donors (Lipinski definition) is 1. The highest BCUT2D eigenvalue weighted by atomic mass is 16.4. The zero-order chi connectivity index (χ0) is 29.0. The number of quaternary nitrogens is 1. The Morgan fingerprint density at radius 2 is 1.32 bits per heavy atom. The fourth-order valence-corrected chi connectivity index (χ4v) is 3.51. The Bertz CT molecular complexity index is 960. The molecule has 8 heteroatoms. The van der Waals surface area contributed by atoms with Gasteiger partial charge in [-0.3, -0.25) is 0 Å². The molecule has 0 saturated carbocycles. The zero-order valence-electron chi connectivity index (χ0n) is 23.8. The maximum Gasteiger partial charge on any atom is 0.169 e. The lowest BCUT2D eigenvalue weighted by atomic mass is 10.1. The summed E-state index contributed by atoms with van der Waals surface area (Å²) in [4.78, 5) is 20.1. The summed E-state index contributed by atoms with van der Waals surface area (Å²) in [7, 11) is 4.34. The van der Waals surface area contributed by atoms with Gasteiger partial charge in [-0.25, -0.2) is 4.57 Å². The van der Waals surface area contributed by atoms with E-state index in [1.165, 1.54) is 16.8 Å². The van der Waals surface area contributed by atoms with E-state index in [1.807, 2.05) is 0 Å². The lowest BCUT2D eigenvalue weighted by molar-refractivity contribution is -0.893. The van der Waals surface area contributed by atoms with Gasteiger partial charge in [0.15, 0.2) is 18.9 Å². The molecule has 0 spiro atoms. The summed E-state index contributed by atoms with van der Waals surface area (Å²) >= 11 is 0. The Labute approximate surface area is 228 Å². The van der Waals surface area contributed by atoms with Crippen LogP contribution in [-0.2, 0) is 16.1 Å². The average Bonchev–Trinajstić information content (AvgIpc) is 2.83. The summed E-state index contributed by atoms with van der Waals surface area (Å²) in [6.45, 7) is 11.5. The number of benzene rings is 1. The molecule has 0 aliphatic carbocycles. The van der Waals surface area contributed by atoms with Crippen LogP contribution in [0.25, 0.3) is 12.2 Å². The molecule has 2 rings (SSSR count). The van der Waals surface area contributed by atoms with E-state index in [0.29, 0.717) is 0 Å². The highest BCUT2D eigenvalue weighted by Gasteiger charge is 2.14. The molecular weight excluding hydrogens is 482 g/mol. The summed E-state index contributed by atoms with van der Waals surface area (Å²) in [5.41, 5.74) is 3.69. The number of aliphatic hydroxyl groups is 1. The van der Waals surface area contributed by atoms with E-state index in [1.54, 1.807) is 0 Å². The molecule has 0 aliphatic heterocycles. The molecule has 0 aliphatic rings. The molecule has 1 aromatic carbocycles. The predicted molar refractivity (Wildman–Crippen MR) is 150 cm³/mol. The van der Waals surface area contributed by atoms with Crippen molar-refractivity contribution >= 4 is 29.8 Å². The molecule has 1 N–H and O–H groups in total. The third kappa shape index (κ3) is 17.9. The number of rotatable bonds is 12. The molecule has 1 aromatic heterocycles. The molecule has 0 atom stereocenters.